The van der Waals surface area contributed by atoms with Crippen LogP contribution in [0.15, 0.2) is 53.4 Å². The van der Waals surface area contributed by atoms with Crippen molar-refractivity contribution in [3.8, 4) is 0 Å². The molecule has 0 aliphatic carbocycles. The Hall–Kier alpha value is -1.85. The van der Waals surface area contributed by atoms with Gasteiger partial charge in [0.2, 0.25) is 0 Å². The molecule has 2 aromatic carbocycles. The van der Waals surface area contributed by atoms with Crippen LogP contribution in [0.1, 0.15) is 11.1 Å². The van der Waals surface area contributed by atoms with Crippen LogP contribution < -0.4 is 10.3 Å². The van der Waals surface area contributed by atoms with Gasteiger partial charge in [-0.15, -0.1) is 4.83 Å². The molecule has 0 saturated heterocycles. The fourth-order valence-electron chi connectivity index (χ4n) is 1.61. The molecule has 0 radical (unpaired) electrons. The zero-order chi connectivity index (χ0) is 13.9. The largest absolute Gasteiger partial charge is 0.308 e. The van der Waals surface area contributed by atoms with Crippen molar-refractivity contribution in [2.24, 2.45) is 0 Å². The summed E-state index contributed by atoms with van der Waals surface area (Å²) in [5.41, 5.74) is 5.45. The highest BCUT2D eigenvalue weighted by molar-refractivity contribution is 7.89. The van der Waals surface area contributed by atoms with Gasteiger partial charge in [-0.2, -0.15) is 0 Å². The average molecular weight is 276 g/mol. The lowest BCUT2D eigenvalue weighted by Crippen LogP contribution is -2.29. The normalized spacial score (nSPS) is 11.3. The number of anilines is 1. The van der Waals surface area contributed by atoms with E-state index in [1.165, 1.54) is 0 Å². The molecule has 2 aromatic rings. The fraction of sp³-hybridized carbons (Fsp3) is 0.143. The van der Waals surface area contributed by atoms with Crippen molar-refractivity contribution in [2.45, 2.75) is 18.7 Å². The molecule has 0 atom stereocenters. The van der Waals surface area contributed by atoms with Gasteiger partial charge in [0.1, 0.15) is 0 Å². The van der Waals surface area contributed by atoms with Crippen LogP contribution >= 0.6 is 0 Å². The Morgan fingerprint density at radius 1 is 0.895 bits per heavy atom. The first-order valence-corrected chi connectivity index (χ1v) is 7.37. The number of hydrogen-bond donors (Lipinski definition) is 2. The Kier molecular flexibility index (Phi) is 3.87. The number of benzene rings is 2. The predicted octanol–water partition coefficient (Wildman–Crippen LogP) is 2.61. The summed E-state index contributed by atoms with van der Waals surface area (Å²) in [7, 11) is -3.55. The zero-order valence-electron chi connectivity index (χ0n) is 10.8. The van der Waals surface area contributed by atoms with Gasteiger partial charge in [0.05, 0.1) is 10.6 Å². The molecule has 0 unspecified atom stereocenters. The second-order valence-corrected chi connectivity index (χ2v) is 6.04. The Labute approximate surface area is 113 Å². The molecule has 0 aliphatic rings. The zero-order valence-corrected chi connectivity index (χ0v) is 11.7. The third-order valence-corrected chi connectivity index (χ3v) is 4.06. The topological polar surface area (TPSA) is 58.2 Å². The van der Waals surface area contributed by atoms with E-state index in [4.69, 9.17) is 0 Å². The fourth-order valence-corrected chi connectivity index (χ4v) is 2.47. The van der Waals surface area contributed by atoms with Crippen LogP contribution in [0.5, 0.6) is 0 Å². The molecule has 0 saturated carbocycles. The van der Waals surface area contributed by atoms with Crippen LogP contribution in [0.25, 0.3) is 0 Å². The molecule has 100 valence electrons. The Morgan fingerprint density at radius 3 is 2.16 bits per heavy atom. The highest BCUT2D eigenvalue weighted by Crippen LogP contribution is 2.14. The lowest BCUT2D eigenvalue weighted by Gasteiger charge is -2.11. The van der Waals surface area contributed by atoms with E-state index in [0.717, 1.165) is 16.8 Å². The van der Waals surface area contributed by atoms with Crippen molar-refractivity contribution in [1.29, 1.82) is 0 Å². The maximum atomic E-state index is 12.1. The first-order chi connectivity index (χ1) is 8.99. The van der Waals surface area contributed by atoms with E-state index in [-0.39, 0.29) is 4.90 Å². The second-order valence-electron chi connectivity index (χ2n) is 4.36. The van der Waals surface area contributed by atoms with Crippen molar-refractivity contribution < 1.29 is 8.42 Å². The Bertz CT molecular complexity index is 664. The minimum Gasteiger partial charge on any atom is -0.308 e. The van der Waals surface area contributed by atoms with Gasteiger partial charge >= 0.3 is 0 Å². The highest BCUT2D eigenvalue weighted by Gasteiger charge is 2.13. The predicted molar refractivity (Wildman–Crippen MR) is 76.3 cm³/mol. The SMILES string of the molecule is Cc1ccc(S(=O)(=O)NNc2ccccc2C)cc1. The molecular weight excluding hydrogens is 260 g/mol. The lowest BCUT2D eigenvalue weighted by atomic mass is 10.2. The molecule has 4 nitrogen and oxygen atoms in total. The molecule has 2 rings (SSSR count). The van der Waals surface area contributed by atoms with E-state index in [0.29, 0.717) is 0 Å². The maximum Gasteiger partial charge on any atom is 0.257 e. The first kappa shape index (κ1) is 13.6. The van der Waals surface area contributed by atoms with Crippen LogP contribution in [0, 0.1) is 13.8 Å². The lowest BCUT2D eigenvalue weighted by molar-refractivity contribution is 0.587. The van der Waals surface area contributed by atoms with Gasteiger partial charge in [-0.1, -0.05) is 35.9 Å². The Morgan fingerprint density at radius 2 is 1.53 bits per heavy atom. The summed E-state index contributed by atoms with van der Waals surface area (Å²) in [5.74, 6) is 0. The van der Waals surface area contributed by atoms with E-state index < -0.39 is 10.0 Å². The number of hydrazine groups is 1. The smallest absolute Gasteiger partial charge is 0.257 e. The van der Waals surface area contributed by atoms with E-state index in [9.17, 15) is 8.42 Å². The molecule has 0 heterocycles. The van der Waals surface area contributed by atoms with Gasteiger partial charge < -0.3 is 5.43 Å². The molecule has 0 aromatic heterocycles. The van der Waals surface area contributed by atoms with Gasteiger partial charge in [-0.3, -0.25) is 0 Å². The number of rotatable bonds is 4. The number of sulfonamides is 1. The van der Waals surface area contributed by atoms with Crippen molar-refractivity contribution in [1.82, 2.24) is 4.83 Å². The molecule has 0 fully saturated rings. The highest BCUT2D eigenvalue weighted by atomic mass is 32.2. The third kappa shape index (κ3) is 3.33. The summed E-state index contributed by atoms with van der Waals surface area (Å²) in [6, 6.07) is 14.2. The average Bonchev–Trinajstić information content (AvgIpc) is 2.38. The molecule has 0 aliphatic heterocycles. The molecule has 5 heteroatoms. The number of hydrogen-bond acceptors (Lipinski definition) is 3. The van der Waals surface area contributed by atoms with Gasteiger partial charge in [0.15, 0.2) is 0 Å². The van der Waals surface area contributed by atoms with Crippen LogP contribution in [-0.2, 0) is 10.0 Å². The molecule has 0 bridgehead atoms. The summed E-state index contributed by atoms with van der Waals surface area (Å²) in [5, 5.41) is 0. The number of para-hydroxylation sites is 1. The summed E-state index contributed by atoms with van der Waals surface area (Å²) in [6.07, 6.45) is 0. The van der Waals surface area contributed by atoms with E-state index in [2.05, 4.69) is 10.3 Å². The minimum absolute atomic E-state index is 0.235. The third-order valence-electron chi connectivity index (χ3n) is 2.80. The molecule has 19 heavy (non-hydrogen) atoms. The van der Waals surface area contributed by atoms with Crippen molar-refractivity contribution in [3.05, 3.63) is 59.7 Å². The maximum absolute atomic E-state index is 12.1. The summed E-state index contributed by atoms with van der Waals surface area (Å²) in [4.78, 5) is 2.61. The van der Waals surface area contributed by atoms with Crippen LogP contribution in [0.3, 0.4) is 0 Å². The second kappa shape index (κ2) is 5.42. The van der Waals surface area contributed by atoms with Crippen molar-refractivity contribution in [2.75, 3.05) is 5.43 Å². The Balaban J connectivity index is 2.14. The quantitative estimate of drug-likeness (QED) is 0.844. The van der Waals surface area contributed by atoms with Gasteiger partial charge in [0.25, 0.3) is 10.0 Å². The molecular formula is C14H16N2O2S. The van der Waals surface area contributed by atoms with E-state index >= 15 is 0 Å². The first-order valence-electron chi connectivity index (χ1n) is 5.89. The van der Waals surface area contributed by atoms with Crippen LogP contribution in [0.4, 0.5) is 5.69 Å². The van der Waals surface area contributed by atoms with Gasteiger partial charge in [0, 0.05) is 0 Å². The van der Waals surface area contributed by atoms with Crippen molar-refractivity contribution >= 4 is 15.7 Å². The molecule has 0 spiro atoms. The van der Waals surface area contributed by atoms with E-state index in [1.807, 2.05) is 38.1 Å². The van der Waals surface area contributed by atoms with Gasteiger partial charge in [-0.25, -0.2) is 8.42 Å². The summed E-state index contributed by atoms with van der Waals surface area (Å²) >= 11 is 0. The van der Waals surface area contributed by atoms with E-state index in [1.54, 1.807) is 24.3 Å². The summed E-state index contributed by atoms with van der Waals surface area (Å²) in [6.45, 7) is 3.82. The van der Waals surface area contributed by atoms with Gasteiger partial charge in [-0.05, 0) is 37.6 Å². The standard InChI is InChI=1S/C14H16N2O2S/c1-11-7-9-13(10-8-11)19(17,18)16-15-14-6-4-3-5-12(14)2/h3-10,15-16H,1-2H3. The molecule has 2 N–H and O–H groups in total. The monoisotopic (exact) mass is 276 g/mol. The summed E-state index contributed by atoms with van der Waals surface area (Å²) < 4.78 is 24.1. The minimum atomic E-state index is -3.55. The van der Waals surface area contributed by atoms with Crippen molar-refractivity contribution in [3.63, 3.8) is 0 Å². The van der Waals surface area contributed by atoms with Crippen LogP contribution in [0.2, 0.25) is 0 Å². The molecule has 0 amide bonds. The van der Waals surface area contributed by atoms with Crippen LogP contribution in [-0.4, -0.2) is 8.42 Å². The number of aryl methyl sites for hydroxylation is 2. The number of nitrogens with one attached hydrogen (secondary N) is 2.